The summed E-state index contributed by atoms with van der Waals surface area (Å²) in [5.41, 5.74) is 6.57. The average Bonchev–Trinajstić information content (AvgIpc) is 2.90. The number of hydrogen-bond donors (Lipinski definition) is 2. The van der Waals surface area contributed by atoms with Crippen LogP contribution in [-0.2, 0) is 11.3 Å². The van der Waals surface area contributed by atoms with E-state index in [0.29, 0.717) is 17.0 Å². The van der Waals surface area contributed by atoms with Crippen LogP contribution in [0.2, 0.25) is 0 Å². The van der Waals surface area contributed by atoms with Gasteiger partial charge >= 0.3 is 5.97 Å². The van der Waals surface area contributed by atoms with E-state index in [0.717, 1.165) is 6.42 Å². The Morgan fingerprint density at radius 3 is 2.95 bits per heavy atom. The maximum atomic E-state index is 12.6. The van der Waals surface area contributed by atoms with E-state index in [1.165, 1.54) is 22.9 Å². The highest BCUT2D eigenvalue weighted by Gasteiger charge is 2.41. The number of carboxylic acids is 1. The van der Waals surface area contributed by atoms with E-state index < -0.39 is 12.0 Å². The quantitative estimate of drug-likeness (QED) is 0.857. The molecule has 2 atom stereocenters. The van der Waals surface area contributed by atoms with E-state index in [-0.39, 0.29) is 17.8 Å². The van der Waals surface area contributed by atoms with Crippen molar-refractivity contribution >= 4 is 23.6 Å². The topological polar surface area (TPSA) is 96.5 Å². The van der Waals surface area contributed by atoms with Crippen molar-refractivity contribution in [3.8, 4) is 0 Å². The zero-order chi connectivity index (χ0) is 14.7. The molecule has 0 spiro atoms. The molecule has 0 aromatic carbocycles. The molecule has 7 heteroatoms. The molecular formula is C13H17N3O3S. The minimum absolute atomic E-state index is 0.0990. The lowest BCUT2D eigenvalue weighted by Crippen LogP contribution is -2.45. The van der Waals surface area contributed by atoms with E-state index in [9.17, 15) is 14.7 Å². The zero-order valence-electron chi connectivity index (χ0n) is 11.2. The first-order chi connectivity index (χ1) is 9.58. The van der Waals surface area contributed by atoms with Crippen molar-refractivity contribution < 1.29 is 14.7 Å². The Morgan fingerprint density at radius 2 is 2.35 bits per heavy atom. The molecule has 1 saturated heterocycles. The second-order valence-electron chi connectivity index (χ2n) is 4.50. The number of carboxylic acid groups (broad SMARTS) is 1. The third-order valence-electron chi connectivity index (χ3n) is 3.23. The average molecular weight is 295 g/mol. The summed E-state index contributed by atoms with van der Waals surface area (Å²) in [5, 5.41) is 9.15. The lowest BCUT2D eigenvalue weighted by molar-refractivity contribution is -0.141. The molecule has 2 rings (SSSR count). The second kappa shape index (κ2) is 6.23. The van der Waals surface area contributed by atoms with Gasteiger partial charge in [-0.25, -0.2) is 4.79 Å². The van der Waals surface area contributed by atoms with Gasteiger partial charge in [-0.05, 0) is 18.6 Å². The van der Waals surface area contributed by atoms with Gasteiger partial charge in [-0.15, -0.1) is 11.8 Å². The van der Waals surface area contributed by atoms with E-state index in [1.54, 1.807) is 12.1 Å². The molecule has 1 aliphatic rings. The Balaban J connectivity index is 2.30. The smallest absolute Gasteiger partial charge is 0.327 e. The van der Waals surface area contributed by atoms with Crippen molar-refractivity contribution in [3.05, 3.63) is 29.6 Å². The van der Waals surface area contributed by atoms with Gasteiger partial charge in [0, 0.05) is 24.1 Å². The van der Waals surface area contributed by atoms with Crippen LogP contribution >= 0.6 is 11.8 Å². The standard InChI is InChI=1S/C13H17N3O3S/c1-2-11-16(10(7-20-11)13(18)19)12(17)8-3-4-15-9(5-8)6-14/h3-5,10-11H,2,6-7,14H2,1H3,(H,18,19). The van der Waals surface area contributed by atoms with E-state index in [4.69, 9.17) is 5.73 Å². The molecular weight excluding hydrogens is 278 g/mol. The number of nitrogens with two attached hydrogens (primary N) is 1. The second-order valence-corrected chi connectivity index (χ2v) is 5.71. The molecule has 0 bridgehead atoms. The molecule has 108 valence electrons. The highest BCUT2D eigenvalue weighted by molar-refractivity contribution is 8.00. The summed E-state index contributed by atoms with van der Waals surface area (Å²) in [6.45, 7) is 2.19. The van der Waals surface area contributed by atoms with Gasteiger partial charge in [0.15, 0.2) is 0 Å². The Hall–Kier alpha value is -1.60. The number of pyridine rings is 1. The minimum Gasteiger partial charge on any atom is -0.480 e. The van der Waals surface area contributed by atoms with Gasteiger partial charge in [0.2, 0.25) is 0 Å². The van der Waals surface area contributed by atoms with E-state index in [1.807, 2.05) is 6.92 Å². The number of hydrogen-bond acceptors (Lipinski definition) is 5. The Bertz CT molecular complexity index is 523. The molecule has 1 aromatic heterocycles. The molecule has 3 N–H and O–H groups in total. The molecule has 2 heterocycles. The van der Waals surface area contributed by atoms with Crippen molar-refractivity contribution in [1.29, 1.82) is 0 Å². The number of rotatable bonds is 4. The van der Waals surface area contributed by atoms with E-state index >= 15 is 0 Å². The van der Waals surface area contributed by atoms with Gasteiger partial charge in [0.05, 0.1) is 11.1 Å². The lowest BCUT2D eigenvalue weighted by Gasteiger charge is -2.26. The van der Waals surface area contributed by atoms with Gasteiger partial charge in [-0.1, -0.05) is 6.92 Å². The summed E-state index contributed by atoms with van der Waals surface area (Å²) in [6, 6.07) is 2.44. The fraction of sp³-hybridized carbons (Fsp3) is 0.462. The third kappa shape index (κ3) is 2.78. The SMILES string of the molecule is CCC1SCC(C(=O)O)N1C(=O)c1ccnc(CN)c1. The molecule has 0 saturated carbocycles. The van der Waals surface area contributed by atoms with Gasteiger partial charge in [-0.2, -0.15) is 0 Å². The van der Waals surface area contributed by atoms with Gasteiger partial charge in [0.25, 0.3) is 5.91 Å². The first-order valence-electron chi connectivity index (χ1n) is 6.40. The fourth-order valence-electron chi connectivity index (χ4n) is 2.21. The van der Waals surface area contributed by atoms with Crippen molar-refractivity contribution in [3.63, 3.8) is 0 Å². The number of thioether (sulfide) groups is 1. The van der Waals surface area contributed by atoms with Crippen LogP contribution in [0, 0.1) is 0 Å². The largest absolute Gasteiger partial charge is 0.480 e. The lowest BCUT2D eigenvalue weighted by atomic mass is 10.1. The minimum atomic E-state index is -0.963. The van der Waals surface area contributed by atoms with Crippen LogP contribution in [0.15, 0.2) is 18.3 Å². The molecule has 1 aromatic rings. The molecule has 20 heavy (non-hydrogen) atoms. The van der Waals surface area contributed by atoms with Crippen LogP contribution in [0.25, 0.3) is 0 Å². The van der Waals surface area contributed by atoms with Gasteiger partial charge < -0.3 is 15.7 Å². The monoisotopic (exact) mass is 295 g/mol. The highest BCUT2D eigenvalue weighted by atomic mass is 32.2. The molecule has 1 aliphatic heterocycles. The number of aromatic nitrogens is 1. The summed E-state index contributed by atoms with van der Waals surface area (Å²) in [7, 11) is 0. The summed E-state index contributed by atoms with van der Waals surface area (Å²) in [5.74, 6) is -0.810. The Labute approximate surface area is 121 Å². The summed E-state index contributed by atoms with van der Waals surface area (Å²) in [4.78, 5) is 29.4. The van der Waals surface area contributed by atoms with E-state index in [2.05, 4.69) is 4.98 Å². The molecule has 2 unspecified atom stereocenters. The molecule has 1 amide bonds. The fourth-order valence-corrected chi connectivity index (χ4v) is 3.56. The number of nitrogens with zero attached hydrogens (tertiary/aromatic N) is 2. The van der Waals surface area contributed by atoms with Crippen LogP contribution in [0.4, 0.5) is 0 Å². The highest BCUT2D eigenvalue weighted by Crippen LogP contribution is 2.32. The van der Waals surface area contributed by atoms with Gasteiger partial charge in [0.1, 0.15) is 6.04 Å². The Kier molecular flexibility index (Phi) is 4.61. The maximum absolute atomic E-state index is 12.6. The molecule has 0 aliphatic carbocycles. The number of aliphatic carboxylic acids is 1. The summed E-state index contributed by atoms with van der Waals surface area (Å²) >= 11 is 1.50. The number of amides is 1. The Morgan fingerprint density at radius 1 is 1.60 bits per heavy atom. The van der Waals surface area contributed by atoms with Crippen molar-refractivity contribution in [1.82, 2.24) is 9.88 Å². The molecule has 0 radical (unpaired) electrons. The molecule has 6 nitrogen and oxygen atoms in total. The maximum Gasteiger partial charge on any atom is 0.327 e. The van der Waals surface area contributed by atoms with Crippen LogP contribution in [0.1, 0.15) is 29.4 Å². The van der Waals surface area contributed by atoms with Crippen molar-refractivity contribution in [2.45, 2.75) is 31.3 Å². The molecule has 1 fully saturated rings. The first kappa shape index (κ1) is 14.8. The predicted molar refractivity (Wildman–Crippen MR) is 76.3 cm³/mol. The zero-order valence-corrected chi connectivity index (χ0v) is 12.0. The summed E-state index contributed by atoms with van der Waals surface area (Å²) < 4.78 is 0. The van der Waals surface area contributed by atoms with Crippen LogP contribution < -0.4 is 5.73 Å². The number of carbonyl (C=O) groups excluding carboxylic acids is 1. The van der Waals surface area contributed by atoms with Crippen molar-refractivity contribution in [2.24, 2.45) is 5.73 Å². The third-order valence-corrected chi connectivity index (χ3v) is 4.69. The first-order valence-corrected chi connectivity index (χ1v) is 7.45. The summed E-state index contributed by atoms with van der Waals surface area (Å²) in [6.07, 6.45) is 2.24. The predicted octanol–water partition coefficient (Wildman–Crippen LogP) is 0.919. The normalized spacial score (nSPS) is 22.0. The van der Waals surface area contributed by atoms with Gasteiger partial charge in [-0.3, -0.25) is 9.78 Å². The van der Waals surface area contributed by atoms with Crippen LogP contribution in [0.3, 0.4) is 0 Å². The van der Waals surface area contributed by atoms with Crippen LogP contribution in [-0.4, -0.2) is 44.0 Å². The van der Waals surface area contributed by atoms with Crippen molar-refractivity contribution in [2.75, 3.05) is 5.75 Å². The van der Waals surface area contributed by atoms with Crippen LogP contribution in [0.5, 0.6) is 0 Å². The number of carbonyl (C=O) groups is 2.